The number of hydrogen-bond donors (Lipinski definition) is 1. The third-order valence-corrected chi connectivity index (χ3v) is 2.13. The van der Waals surface area contributed by atoms with Gasteiger partial charge in [0.15, 0.2) is 0 Å². The van der Waals surface area contributed by atoms with E-state index in [-0.39, 0.29) is 5.91 Å². The third kappa shape index (κ3) is 4.33. The molecule has 0 bridgehead atoms. The Labute approximate surface area is 60.4 Å². The first-order valence-electron chi connectivity index (χ1n) is 2.94. The van der Waals surface area contributed by atoms with Crippen molar-refractivity contribution in [2.75, 3.05) is 13.3 Å². The van der Waals surface area contributed by atoms with E-state index in [1.54, 1.807) is 18.8 Å². The zero-order valence-electron chi connectivity index (χ0n) is 6.10. The van der Waals surface area contributed by atoms with E-state index in [1.807, 2.05) is 13.2 Å². The highest BCUT2D eigenvalue weighted by Crippen LogP contribution is 2.08. The Bertz CT molecular complexity index is 95.1. The van der Waals surface area contributed by atoms with Gasteiger partial charge in [-0.25, -0.2) is 0 Å². The van der Waals surface area contributed by atoms with Crippen molar-refractivity contribution in [1.82, 2.24) is 5.32 Å². The Morgan fingerprint density at radius 3 is 2.67 bits per heavy atom. The summed E-state index contributed by atoms with van der Waals surface area (Å²) in [5.74, 6) is 0.122. The van der Waals surface area contributed by atoms with Gasteiger partial charge in [0.2, 0.25) is 5.91 Å². The molecule has 2 nitrogen and oxygen atoms in total. The number of carbonyl (C=O) groups excluding carboxylic acids is 1. The van der Waals surface area contributed by atoms with Gasteiger partial charge in [0.05, 0.1) is 0 Å². The maximum absolute atomic E-state index is 10.7. The van der Waals surface area contributed by atoms with Gasteiger partial charge in [0.1, 0.15) is 0 Å². The lowest BCUT2D eigenvalue weighted by Crippen LogP contribution is -2.20. The molecule has 1 amide bonds. The van der Waals surface area contributed by atoms with Crippen molar-refractivity contribution in [3.8, 4) is 0 Å². The van der Waals surface area contributed by atoms with Crippen LogP contribution in [0, 0.1) is 0 Å². The molecule has 0 radical (unpaired) electrons. The minimum atomic E-state index is 0.122. The second kappa shape index (κ2) is 4.68. The number of rotatable bonds is 3. The molecular weight excluding hydrogens is 134 g/mol. The molecular formula is C6H13NOS. The fourth-order valence-electron chi connectivity index (χ4n) is 0.446. The lowest BCUT2D eigenvalue weighted by Gasteiger charge is -2.04. The van der Waals surface area contributed by atoms with Gasteiger partial charge in [-0.05, 0) is 6.26 Å². The van der Waals surface area contributed by atoms with Crippen LogP contribution in [0.5, 0.6) is 0 Å². The molecule has 0 aliphatic heterocycles. The lowest BCUT2D eigenvalue weighted by atomic mass is 10.3. The van der Waals surface area contributed by atoms with E-state index >= 15 is 0 Å². The molecule has 0 fully saturated rings. The number of nitrogens with one attached hydrogen (secondary N) is 1. The molecule has 0 aromatic carbocycles. The Kier molecular flexibility index (Phi) is 4.58. The van der Waals surface area contributed by atoms with Crippen molar-refractivity contribution >= 4 is 17.7 Å². The highest BCUT2D eigenvalue weighted by molar-refractivity contribution is 7.99. The maximum atomic E-state index is 10.7. The molecule has 1 N–H and O–H groups in total. The predicted octanol–water partition coefficient (Wildman–Crippen LogP) is 0.874. The molecule has 0 saturated carbocycles. The molecule has 0 aliphatic carbocycles. The summed E-state index contributed by atoms with van der Waals surface area (Å²) >= 11 is 1.71. The van der Waals surface area contributed by atoms with Crippen LogP contribution in [0.4, 0.5) is 0 Å². The van der Waals surface area contributed by atoms with Gasteiger partial charge < -0.3 is 5.32 Å². The average Bonchev–Trinajstić information content (AvgIpc) is 1.87. The molecule has 0 heterocycles. The summed E-state index contributed by atoms with van der Waals surface area (Å²) in [6.45, 7) is 2.04. The van der Waals surface area contributed by atoms with Crippen LogP contribution in [-0.4, -0.2) is 24.5 Å². The highest BCUT2D eigenvalue weighted by Gasteiger charge is 2.03. The van der Waals surface area contributed by atoms with Crippen molar-refractivity contribution in [3.63, 3.8) is 0 Å². The monoisotopic (exact) mass is 147 g/mol. The summed E-state index contributed by atoms with van der Waals surface area (Å²) in [4.78, 5) is 10.7. The Morgan fingerprint density at radius 1 is 1.78 bits per heavy atom. The normalized spacial score (nSPS) is 12.8. The van der Waals surface area contributed by atoms with E-state index in [0.717, 1.165) is 0 Å². The van der Waals surface area contributed by atoms with Crippen molar-refractivity contribution in [1.29, 1.82) is 0 Å². The predicted molar refractivity (Wildman–Crippen MR) is 41.7 cm³/mol. The minimum absolute atomic E-state index is 0.122. The maximum Gasteiger partial charge on any atom is 0.220 e. The Balaban J connectivity index is 3.34. The van der Waals surface area contributed by atoms with Crippen LogP contribution in [0.1, 0.15) is 13.3 Å². The van der Waals surface area contributed by atoms with E-state index < -0.39 is 0 Å². The second-order valence-electron chi connectivity index (χ2n) is 1.92. The van der Waals surface area contributed by atoms with Crippen LogP contribution in [-0.2, 0) is 4.79 Å². The summed E-state index contributed by atoms with van der Waals surface area (Å²) in [6, 6.07) is 0. The van der Waals surface area contributed by atoms with E-state index in [1.165, 1.54) is 0 Å². The first kappa shape index (κ1) is 8.82. The van der Waals surface area contributed by atoms with Gasteiger partial charge in [0.25, 0.3) is 0 Å². The molecule has 0 aliphatic rings. The summed E-state index contributed by atoms with van der Waals surface area (Å²) in [5, 5.41) is 3.01. The van der Waals surface area contributed by atoms with E-state index in [2.05, 4.69) is 5.32 Å². The van der Waals surface area contributed by atoms with Gasteiger partial charge in [-0.2, -0.15) is 11.8 Å². The number of carbonyl (C=O) groups is 1. The molecule has 0 unspecified atom stereocenters. The summed E-state index contributed by atoms with van der Waals surface area (Å²) < 4.78 is 0. The summed E-state index contributed by atoms with van der Waals surface area (Å²) in [5.41, 5.74) is 0. The van der Waals surface area contributed by atoms with Crippen molar-refractivity contribution < 1.29 is 4.79 Å². The molecule has 0 aromatic heterocycles. The van der Waals surface area contributed by atoms with Crippen LogP contribution >= 0.6 is 11.8 Å². The SMILES string of the molecule is CNC(=O)C[C@H](C)SC. The minimum Gasteiger partial charge on any atom is -0.359 e. The molecule has 9 heavy (non-hydrogen) atoms. The van der Waals surface area contributed by atoms with Crippen LogP contribution in [0.2, 0.25) is 0 Å². The number of hydrogen-bond acceptors (Lipinski definition) is 2. The summed E-state index contributed by atoms with van der Waals surface area (Å²) in [6.07, 6.45) is 2.63. The summed E-state index contributed by atoms with van der Waals surface area (Å²) in [7, 11) is 1.66. The van der Waals surface area contributed by atoms with Crippen molar-refractivity contribution in [2.24, 2.45) is 0 Å². The quantitative estimate of drug-likeness (QED) is 0.642. The second-order valence-corrected chi connectivity index (χ2v) is 3.20. The van der Waals surface area contributed by atoms with Crippen LogP contribution < -0.4 is 5.32 Å². The highest BCUT2D eigenvalue weighted by atomic mass is 32.2. The van der Waals surface area contributed by atoms with Gasteiger partial charge >= 0.3 is 0 Å². The molecule has 0 saturated heterocycles. The van der Waals surface area contributed by atoms with Crippen LogP contribution in [0.3, 0.4) is 0 Å². The van der Waals surface area contributed by atoms with E-state index in [4.69, 9.17) is 0 Å². The van der Waals surface area contributed by atoms with Crippen molar-refractivity contribution in [3.05, 3.63) is 0 Å². The zero-order chi connectivity index (χ0) is 7.28. The van der Waals surface area contributed by atoms with E-state index in [9.17, 15) is 4.79 Å². The first-order valence-corrected chi connectivity index (χ1v) is 4.23. The Morgan fingerprint density at radius 2 is 2.33 bits per heavy atom. The van der Waals surface area contributed by atoms with Crippen LogP contribution in [0.25, 0.3) is 0 Å². The molecule has 1 atom stereocenters. The average molecular weight is 147 g/mol. The van der Waals surface area contributed by atoms with Gasteiger partial charge in [-0.15, -0.1) is 0 Å². The molecule has 0 rings (SSSR count). The van der Waals surface area contributed by atoms with Gasteiger partial charge in [-0.1, -0.05) is 6.92 Å². The lowest BCUT2D eigenvalue weighted by molar-refractivity contribution is -0.120. The molecule has 0 spiro atoms. The smallest absolute Gasteiger partial charge is 0.220 e. The number of thioether (sulfide) groups is 1. The van der Waals surface area contributed by atoms with Crippen molar-refractivity contribution in [2.45, 2.75) is 18.6 Å². The molecule has 54 valence electrons. The molecule has 0 aromatic rings. The van der Waals surface area contributed by atoms with Crippen LogP contribution in [0.15, 0.2) is 0 Å². The zero-order valence-corrected chi connectivity index (χ0v) is 6.92. The standard InChI is InChI=1S/C6H13NOS/c1-5(9-3)4-6(8)7-2/h5H,4H2,1-3H3,(H,7,8)/t5-/m0/s1. The first-order chi connectivity index (χ1) is 4.20. The topological polar surface area (TPSA) is 29.1 Å². The fraction of sp³-hybridized carbons (Fsp3) is 0.833. The van der Waals surface area contributed by atoms with Gasteiger partial charge in [0, 0.05) is 18.7 Å². The largest absolute Gasteiger partial charge is 0.359 e. The third-order valence-electron chi connectivity index (χ3n) is 1.15. The van der Waals surface area contributed by atoms with E-state index in [0.29, 0.717) is 11.7 Å². The van der Waals surface area contributed by atoms with Gasteiger partial charge in [-0.3, -0.25) is 4.79 Å². The molecule has 3 heteroatoms. The fourth-order valence-corrected chi connectivity index (χ4v) is 0.765. The number of amides is 1. The Hall–Kier alpha value is -0.180.